The number of pyridine rings is 1. The summed E-state index contributed by atoms with van der Waals surface area (Å²) in [5.41, 5.74) is 1.20. The zero-order valence-corrected chi connectivity index (χ0v) is 24.0. The van der Waals surface area contributed by atoms with E-state index in [1.807, 2.05) is 0 Å². The second-order valence-corrected chi connectivity index (χ2v) is 10.8. The Balaban J connectivity index is 1.74. The lowest BCUT2D eigenvalue weighted by molar-refractivity contribution is -0.265. The number of rotatable bonds is 10. The maximum Gasteiger partial charge on any atom is 0.424 e. The van der Waals surface area contributed by atoms with Gasteiger partial charge in [0.1, 0.15) is 24.7 Å². The molecule has 9 nitrogen and oxygen atoms in total. The maximum absolute atomic E-state index is 14.6. The van der Waals surface area contributed by atoms with Crippen LogP contribution in [0.25, 0.3) is 11.3 Å². The van der Waals surface area contributed by atoms with E-state index in [0.29, 0.717) is 0 Å². The van der Waals surface area contributed by atoms with Gasteiger partial charge in [-0.3, -0.25) is 4.79 Å². The number of nitrogens with zero attached hydrogens (tertiary/aromatic N) is 1. The first-order valence-corrected chi connectivity index (χ1v) is 13.4. The number of ether oxygens (including phenoxy) is 3. The quantitative estimate of drug-likeness (QED) is 0.254. The number of hydrogen-bond donors (Lipinski definition) is 4. The fraction of sp³-hybridized carbons (Fsp3) is 0.400. The Morgan fingerprint density at radius 3 is 2.40 bits per heavy atom. The van der Waals surface area contributed by atoms with Gasteiger partial charge in [0, 0.05) is 16.7 Å². The van der Waals surface area contributed by atoms with E-state index in [1.54, 1.807) is 13.8 Å². The largest absolute Gasteiger partial charge is 0.493 e. The number of fused-ring (bicyclic) bond motifs is 1. The second kappa shape index (κ2) is 12.0. The summed E-state index contributed by atoms with van der Waals surface area (Å²) in [6.07, 6.45) is -6.08. The number of amides is 1. The van der Waals surface area contributed by atoms with Gasteiger partial charge in [-0.05, 0) is 61.4 Å². The summed E-state index contributed by atoms with van der Waals surface area (Å²) in [5.74, 6) is -1.35. The summed E-state index contributed by atoms with van der Waals surface area (Å²) in [6.45, 7) is 3.66. The molecule has 0 spiro atoms. The third kappa shape index (κ3) is 6.24. The Hall–Kier alpha value is -3.94. The van der Waals surface area contributed by atoms with E-state index in [2.05, 4.69) is 10.3 Å². The van der Waals surface area contributed by atoms with E-state index < -0.39 is 47.4 Å². The molecule has 0 saturated carbocycles. The minimum absolute atomic E-state index is 0.0554. The first-order valence-electron chi connectivity index (χ1n) is 13.4. The molecule has 2 unspecified atom stereocenters. The number of carbonyl (C=O) groups is 1. The number of benzene rings is 2. The molecule has 43 heavy (non-hydrogen) atoms. The number of aliphatic hydroxyl groups excluding tert-OH is 1. The summed E-state index contributed by atoms with van der Waals surface area (Å²) in [6, 6.07) is 9.86. The van der Waals surface area contributed by atoms with Crippen LogP contribution in [0.5, 0.6) is 17.2 Å². The van der Waals surface area contributed by atoms with Crippen LogP contribution in [-0.2, 0) is 11.1 Å². The lowest BCUT2D eigenvalue weighted by atomic mass is 9.81. The van der Waals surface area contributed by atoms with Crippen LogP contribution < -0.4 is 25.3 Å². The first-order chi connectivity index (χ1) is 20.1. The Kier molecular flexibility index (Phi) is 8.91. The number of aromatic nitrogens is 1. The molecule has 0 radical (unpaired) electrons. The third-order valence-corrected chi connectivity index (χ3v) is 7.38. The molecule has 232 valence electrons. The minimum Gasteiger partial charge on any atom is -0.493 e. The van der Waals surface area contributed by atoms with E-state index in [4.69, 9.17) is 19.9 Å². The van der Waals surface area contributed by atoms with Gasteiger partial charge in [0.25, 0.3) is 5.91 Å². The average Bonchev–Trinajstić information content (AvgIpc) is 3.31. The average molecular weight is 608 g/mol. The van der Waals surface area contributed by atoms with Crippen LogP contribution in [0.4, 0.5) is 17.6 Å². The van der Waals surface area contributed by atoms with E-state index in [0.717, 1.165) is 18.2 Å². The monoisotopic (exact) mass is 607 g/mol. The Morgan fingerprint density at radius 2 is 1.81 bits per heavy atom. The minimum atomic E-state index is -5.30. The van der Waals surface area contributed by atoms with Crippen LogP contribution in [0.2, 0.25) is 0 Å². The molecule has 0 saturated heterocycles. The van der Waals surface area contributed by atoms with Gasteiger partial charge < -0.3 is 35.5 Å². The number of nitrogens with two attached hydrogens (primary N) is 1. The molecule has 1 aromatic heterocycles. The Morgan fingerprint density at radius 1 is 1.14 bits per heavy atom. The van der Waals surface area contributed by atoms with Crippen molar-refractivity contribution >= 4 is 5.91 Å². The zero-order valence-electron chi connectivity index (χ0n) is 24.0. The Bertz CT molecular complexity index is 1480. The first kappa shape index (κ1) is 32.0. The smallest absolute Gasteiger partial charge is 0.424 e. The second-order valence-electron chi connectivity index (χ2n) is 10.8. The maximum atomic E-state index is 14.6. The van der Waals surface area contributed by atoms with Gasteiger partial charge in [-0.2, -0.15) is 13.2 Å². The molecule has 13 heteroatoms. The van der Waals surface area contributed by atoms with Gasteiger partial charge in [0.15, 0.2) is 17.2 Å². The molecule has 2 heterocycles. The number of methoxy groups -OCH3 is 1. The summed E-state index contributed by atoms with van der Waals surface area (Å²) >= 11 is 0. The van der Waals surface area contributed by atoms with E-state index >= 15 is 0 Å². The molecule has 1 aliphatic heterocycles. The molecule has 3 atom stereocenters. The lowest BCUT2D eigenvalue weighted by Gasteiger charge is -2.32. The van der Waals surface area contributed by atoms with Crippen molar-refractivity contribution in [3.63, 3.8) is 0 Å². The highest BCUT2D eigenvalue weighted by Gasteiger charge is 2.57. The van der Waals surface area contributed by atoms with Gasteiger partial charge >= 0.3 is 6.18 Å². The number of alkyl halides is 3. The van der Waals surface area contributed by atoms with Gasteiger partial charge in [-0.1, -0.05) is 13.8 Å². The highest BCUT2D eigenvalue weighted by molar-refractivity contribution is 5.95. The lowest BCUT2D eigenvalue weighted by Crippen LogP contribution is -2.52. The van der Waals surface area contributed by atoms with Crippen LogP contribution in [0.1, 0.15) is 42.4 Å². The third-order valence-electron chi connectivity index (χ3n) is 7.38. The molecule has 0 bridgehead atoms. The highest BCUT2D eigenvalue weighted by Crippen LogP contribution is 2.48. The SMILES string of the molecule is COc1cc(C(=O)NCC(O)(c2cc3c(c(-c4ccc(F)cc4)n2)OCC3(N)C(C)C)C(F)(F)F)ccc1OC[C@@H](C)O. The van der Waals surface area contributed by atoms with Crippen molar-refractivity contribution < 1.29 is 46.8 Å². The van der Waals surface area contributed by atoms with Crippen molar-refractivity contribution in [1.29, 1.82) is 0 Å². The number of hydrogen-bond acceptors (Lipinski definition) is 8. The summed E-state index contributed by atoms with van der Waals surface area (Å²) in [4.78, 5) is 17.1. The zero-order chi connectivity index (χ0) is 31.7. The van der Waals surface area contributed by atoms with Crippen LogP contribution in [0.15, 0.2) is 48.5 Å². The van der Waals surface area contributed by atoms with Gasteiger partial charge in [-0.15, -0.1) is 0 Å². The fourth-order valence-electron chi connectivity index (χ4n) is 4.57. The normalized spacial score (nSPS) is 18.4. The molecule has 1 amide bonds. The standard InChI is InChI=1S/C30H33F4N3O6/c1-16(2)28(35)15-43-26-21(28)12-24(37-25(26)18-5-8-20(31)9-6-18)29(40,30(32,33)34)14-36-27(39)19-7-10-22(23(11-19)41-4)42-13-17(3)38/h5-12,16-17,38,40H,13-15,35H2,1-4H3,(H,36,39)/t17-,28?,29?/m1/s1. The summed E-state index contributed by atoms with van der Waals surface area (Å²) in [5, 5.41) is 22.8. The van der Waals surface area contributed by atoms with Crippen molar-refractivity contribution in [3.8, 4) is 28.5 Å². The van der Waals surface area contributed by atoms with E-state index in [-0.39, 0.29) is 58.8 Å². The van der Waals surface area contributed by atoms with Gasteiger partial charge in [-0.25, -0.2) is 9.37 Å². The molecular formula is C30H33F4N3O6. The van der Waals surface area contributed by atoms with Gasteiger partial charge in [0.05, 0.1) is 31.0 Å². The van der Waals surface area contributed by atoms with Crippen LogP contribution in [-0.4, -0.2) is 60.3 Å². The number of halogens is 4. The number of aliphatic hydroxyl groups is 2. The van der Waals surface area contributed by atoms with E-state index in [1.165, 1.54) is 44.4 Å². The number of carbonyl (C=O) groups excluding carboxylic acids is 1. The van der Waals surface area contributed by atoms with Crippen molar-refractivity contribution in [1.82, 2.24) is 10.3 Å². The van der Waals surface area contributed by atoms with Crippen molar-refractivity contribution in [2.75, 3.05) is 26.9 Å². The topological polar surface area (TPSA) is 136 Å². The molecule has 2 aromatic carbocycles. The molecule has 3 aromatic rings. The molecule has 4 rings (SSSR count). The molecular weight excluding hydrogens is 574 g/mol. The van der Waals surface area contributed by atoms with Crippen LogP contribution >= 0.6 is 0 Å². The van der Waals surface area contributed by atoms with Crippen molar-refractivity contribution in [3.05, 3.63) is 71.2 Å². The van der Waals surface area contributed by atoms with Gasteiger partial charge in [0.2, 0.25) is 5.60 Å². The van der Waals surface area contributed by atoms with Crippen LogP contribution in [0, 0.1) is 11.7 Å². The predicted octanol–water partition coefficient (Wildman–Crippen LogP) is 4.04. The molecule has 5 N–H and O–H groups in total. The fourth-order valence-corrected chi connectivity index (χ4v) is 4.57. The highest BCUT2D eigenvalue weighted by atomic mass is 19.4. The van der Waals surface area contributed by atoms with Crippen molar-refractivity contribution in [2.24, 2.45) is 11.7 Å². The molecule has 0 fully saturated rings. The van der Waals surface area contributed by atoms with Crippen LogP contribution in [0.3, 0.4) is 0 Å². The molecule has 1 aliphatic rings. The van der Waals surface area contributed by atoms with E-state index in [9.17, 15) is 32.6 Å². The predicted molar refractivity (Wildman–Crippen MR) is 148 cm³/mol. The van der Waals surface area contributed by atoms with Crippen molar-refractivity contribution in [2.45, 2.75) is 44.2 Å². The Labute approximate surface area is 245 Å². The number of nitrogens with one attached hydrogen (secondary N) is 1. The summed E-state index contributed by atoms with van der Waals surface area (Å²) in [7, 11) is 1.31. The molecule has 0 aliphatic carbocycles. The summed E-state index contributed by atoms with van der Waals surface area (Å²) < 4.78 is 74.0.